The Labute approximate surface area is 354 Å². The molecule has 0 saturated carbocycles. The predicted molar refractivity (Wildman–Crippen MR) is 251 cm³/mol. The van der Waals surface area contributed by atoms with Crippen molar-refractivity contribution in [1.29, 1.82) is 0 Å². The molecule has 2 aromatic heterocycles. The van der Waals surface area contributed by atoms with Crippen LogP contribution in [0.25, 0.3) is 100.0 Å². The molecule has 11 aromatic rings. The largest absolute Gasteiger partial charge is 0.455 e. The van der Waals surface area contributed by atoms with Crippen molar-refractivity contribution in [2.24, 2.45) is 0 Å². The number of fused-ring (bicyclic) bond motifs is 8. The molecule has 3 heteroatoms. The van der Waals surface area contributed by atoms with Crippen LogP contribution in [0, 0.1) is 0 Å². The molecule has 1 aliphatic carbocycles. The van der Waals surface area contributed by atoms with Crippen LogP contribution in [0.4, 0.5) is 0 Å². The zero-order valence-corrected chi connectivity index (χ0v) is 33.5. The lowest BCUT2D eigenvalue weighted by molar-refractivity contribution is 0.673. The van der Waals surface area contributed by atoms with Crippen LogP contribution in [0.5, 0.6) is 0 Å². The van der Waals surface area contributed by atoms with Crippen molar-refractivity contribution in [3.05, 3.63) is 229 Å². The molecular formula is C58H38N2O. The summed E-state index contributed by atoms with van der Waals surface area (Å²) in [7, 11) is 0. The molecule has 0 spiro atoms. The lowest BCUT2D eigenvalue weighted by Crippen LogP contribution is -2.22. The van der Waals surface area contributed by atoms with E-state index in [0.717, 1.165) is 66.5 Å². The third-order valence-electron chi connectivity index (χ3n) is 12.8. The summed E-state index contributed by atoms with van der Waals surface area (Å²) < 4.78 is 6.75. The summed E-state index contributed by atoms with van der Waals surface area (Å²) in [5.74, 6) is 0.692. The van der Waals surface area contributed by atoms with E-state index in [2.05, 4.69) is 213 Å². The number of furan rings is 1. The van der Waals surface area contributed by atoms with Crippen molar-refractivity contribution in [2.75, 3.05) is 0 Å². The van der Waals surface area contributed by atoms with E-state index in [1.807, 2.05) is 6.07 Å². The van der Waals surface area contributed by atoms with Gasteiger partial charge in [-0.2, -0.15) is 0 Å². The normalized spacial score (nSPS) is 14.4. The number of nitrogens with zero attached hydrogens (tertiary/aromatic N) is 2. The van der Waals surface area contributed by atoms with Crippen molar-refractivity contribution in [1.82, 2.24) is 9.97 Å². The Bertz CT molecular complexity index is 3480. The Kier molecular flexibility index (Phi) is 7.98. The average molecular weight is 779 g/mol. The second-order valence-corrected chi connectivity index (χ2v) is 16.2. The van der Waals surface area contributed by atoms with Crippen LogP contribution in [0.2, 0.25) is 0 Å². The second-order valence-electron chi connectivity index (χ2n) is 16.2. The fraction of sp³-hybridized carbons (Fsp3) is 0.0345. The lowest BCUT2D eigenvalue weighted by atomic mass is 9.74. The Morgan fingerprint density at radius 1 is 0.393 bits per heavy atom. The Morgan fingerprint density at radius 3 is 1.82 bits per heavy atom. The molecule has 0 N–H and O–H groups in total. The van der Waals surface area contributed by atoms with Crippen molar-refractivity contribution in [2.45, 2.75) is 12.3 Å². The van der Waals surface area contributed by atoms with E-state index in [1.165, 1.54) is 44.3 Å². The average Bonchev–Trinajstić information content (AvgIpc) is 3.86. The third kappa shape index (κ3) is 5.51. The van der Waals surface area contributed by atoms with Crippen molar-refractivity contribution in [3.63, 3.8) is 0 Å². The lowest BCUT2D eigenvalue weighted by Gasteiger charge is -2.28. The number of aromatic nitrogens is 2. The van der Waals surface area contributed by atoms with Crippen LogP contribution in [-0.2, 0) is 5.41 Å². The standard InChI is InChI=1S/C58H38N2O/c1-58(41-23-9-4-10-24-41)49-30-12-11-25-46(49)54-47(29-15-31-50(54)58)52-36-51(59-57(60-52)38-19-7-3-8-20-38)40-22-13-21-39(35-40)43-27-16-32-53-55(43)48-34-33-44-42(37-17-5-2-6-18-37)26-14-28-45(44)56(48)61-53/h2-36H,1H3. The molecule has 9 aromatic carbocycles. The van der Waals surface area contributed by atoms with Crippen LogP contribution < -0.4 is 0 Å². The van der Waals surface area contributed by atoms with Gasteiger partial charge in [-0.05, 0) is 86.6 Å². The summed E-state index contributed by atoms with van der Waals surface area (Å²) in [6.07, 6.45) is 0. The van der Waals surface area contributed by atoms with E-state index >= 15 is 0 Å². The van der Waals surface area contributed by atoms with Crippen LogP contribution in [0.15, 0.2) is 217 Å². The second kappa shape index (κ2) is 13.9. The Morgan fingerprint density at radius 2 is 0.984 bits per heavy atom. The van der Waals surface area contributed by atoms with Gasteiger partial charge in [-0.25, -0.2) is 9.97 Å². The number of hydrogen-bond donors (Lipinski definition) is 0. The molecule has 0 fully saturated rings. The minimum atomic E-state index is -0.315. The van der Waals surface area contributed by atoms with E-state index in [4.69, 9.17) is 14.4 Å². The first-order valence-corrected chi connectivity index (χ1v) is 20.9. The zero-order valence-electron chi connectivity index (χ0n) is 33.5. The van der Waals surface area contributed by atoms with Crippen LogP contribution >= 0.6 is 0 Å². The highest BCUT2D eigenvalue weighted by Gasteiger charge is 2.41. The summed E-state index contributed by atoms with van der Waals surface area (Å²) in [4.78, 5) is 10.6. The maximum Gasteiger partial charge on any atom is 0.160 e. The van der Waals surface area contributed by atoms with Gasteiger partial charge in [0, 0.05) is 38.3 Å². The molecule has 1 unspecified atom stereocenters. The van der Waals surface area contributed by atoms with Gasteiger partial charge in [0.2, 0.25) is 0 Å². The monoisotopic (exact) mass is 778 g/mol. The summed E-state index contributed by atoms with van der Waals surface area (Å²) in [5.41, 5.74) is 17.2. The molecule has 0 aliphatic heterocycles. The van der Waals surface area contributed by atoms with Gasteiger partial charge in [-0.1, -0.05) is 188 Å². The van der Waals surface area contributed by atoms with Gasteiger partial charge in [0.1, 0.15) is 11.2 Å². The SMILES string of the molecule is CC1(c2ccccc2)c2ccccc2-c2c(-c3cc(-c4cccc(-c5cccc6oc7c8cccc(-c9ccccc9)c8ccc7c56)c4)nc(-c4ccccc4)n3)cccc21. The molecule has 12 rings (SSSR count). The number of benzene rings is 9. The van der Waals surface area contributed by atoms with Gasteiger partial charge in [-0.3, -0.25) is 0 Å². The van der Waals surface area contributed by atoms with Gasteiger partial charge in [-0.15, -0.1) is 0 Å². The summed E-state index contributed by atoms with van der Waals surface area (Å²) in [5, 5.41) is 4.49. The fourth-order valence-electron chi connectivity index (χ4n) is 9.88. The molecule has 0 bridgehead atoms. The molecule has 61 heavy (non-hydrogen) atoms. The first kappa shape index (κ1) is 35.1. The maximum atomic E-state index is 6.75. The van der Waals surface area contributed by atoms with Gasteiger partial charge >= 0.3 is 0 Å². The van der Waals surface area contributed by atoms with Crippen molar-refractivity contribution >= 4 is 32.7 Å². The smallest absolute Gasteiger partial charge is 0.160 e. The summed E-state index contributed by atoms with van der Waals surface area (Å²) in [6, 6.07) is 75.6. The maximum absolute atomic E-state index is 6.75. The van der Waals surface area contributed by atoms with Gasteiger partial charge in [0.05, 0.1) is 11.4 Å². The molecular weight excluding hydrogens is 741 g/mol. The molecule has 286 valence electrons. The predicted octanol–water partition coefficient (Wildman–Crippen LogP) is 15.2. The fourth-order valence-corrected chi connectivity index (χ4v) is 9.88. The van der Waals surface area contributed by atoms with Crippen LogP contribution in [0.3, 0.4) is 0 Å². The molecule has 0 radical (unpaired) electrons. The minimum Gasteiger partial charge on any atom is -0.455 e. The first-order chi connectivity index (χ1) is 30.1. The van der Waals surface area contributed by atoms with Crippen LogP contribution in [0.1, 0.15) is 23.6 Å². The van der Waals surface area contributed by atoms with Gasteiger partial charge < -0.3 is 4.42 Å². The van der Waals surface area contributed by atoms with Crippen molar-refractivity contribution < 1.29 is 4.42 Å². The molecule has 3 nitrogen and oxygen atoms in total. The van der Waals surface area contributed by atoms with E-state index in [1.54, 1.807) is 0 Å². The highest BCUT2D eigenvalue weighted by atomic mass is 16.3. The van der Waals surface area contributed by atoms with E-state index in [9.17, 15) is 0 Å². The molecule has 0 saturated heterocycles. The highest BCUT2D eigenvalue weighted by molar-refractivity contribution is 6.20. The van der Waals surface area contributed by atoms with Crippen LogP contribution in [-0.4, -0.2) is 9.97 Å². The van der Waals surface area contributed by atoms with Gasteiger partial charge in [0.25, 0.3) is 0 Å². The zero-order chi connectivity index (χ0) is 40.5. The van der Waals surface area contributed by atoms with E-state index in [0.29, 0.717) is 5.82 Å². The third-order valence-corrected chi connectivity index (χ3v) is 12.8. The Balaban J connectivity index is 1.03. The van der Waals surface area contributed by atoms with Gasteiger partial charge in [0.15, 0.2) is 5.82 Å². The quantitative estimate of drug-likeness (QED) is 0.169. The number of hydrogen-bond acceptors (Lipinski definition) is 3. The molecule has 1 atom stereocenters. The van der Waals surface area contributed by atoms with E-state index in [-0.39, 0.29) is 5.41 Å². The first-order valence-electron chi connectivity index (χ1n) is 20.9. The molecule has 0 amide bonds. The highest BCUT2D eigenvalue weighted by Crippen LogP contribution is 2.55. The molecule has 2 heterocycles. The summed E-state index contributed by atoms with van der Waals surface area (Å²) in [6.45, 7) is 2.36. The Hall–Kier alpha value is -7.88. The minimum absolute atomic E-state index is 0.315. The van der Waals surface area contributed by atoms with Crippen molar-refractivity contribution in [3.8, 4) is 67.3 Å². The topological polar surface area (TPSA) is 38.9 Å². The molecule has 1 aliphatic rings. The van der Waals surface area contributed by atoms with E-state index < -0.39 is 0 Å². The summed E-state index contributed by atoms with van der Waals surface area (Å²) >= 11 is 0. The number of rotatable bonds is 6.